The lowest BCUT2D eigenvalue weighted by atomic mass is 9.74. The van der Waals surface area contributed by atoms with Crippen LogP contribution in [0.15, 0.2) is 30.3 Å². The molecule has 3 nitrogen and oxygen atoms in total. The summed E-state index contributed by atoms with van der Waals surface area (Å²) in [4.78, 5) is 14.4. The minimum absolute atomic E-state index is 0.0570. The third-order valence-electron chi connectivity index (χ3n) is 4.86. The smallest absolute Gasteiger partial charge is 0.261 e. The van der Waals surface area contributed by atoms with Crippen LogP contribution in [0, 0.1) is 19.7 Å². The number of rotatable bonds is 4. The molecule has 0 saturated carbocycles. The predicted molar refractivity (Wildman–Crippen MR) is 94.3 cm³/mol. The van der Waals surface area contributed by atoms with Gasteiger partial charge in [0.15, 0.2) is 0 Å². The van der Waals surface area contributed by atoms with E-state index in [4.69, 9.17) is 4.74 Å². The van der Waals surface area contributed by atoms with E-state index in [0.29, 0.717) is 19.8 Å². The average molecular weight is 347 g/mol. The molecule has 2 heterocycles. The lowest BCUT2D eigenvalue weighted by Crippen LogP contribution is -2.44. The Morgan fingerprint density at radius 1 is 1.29 bits per heavy atom. The first-order valence-electron chi connectivity index (χ1n) is 8.19. The standard InChI is InChI=1S/C19H22FNO2S/c1-13-10-17(24-14(13)2)18(22)21-12-19(6-8-23-9-7-19)15-4-3-5-16(20)11-15/h3-5,10-11H,6-9,12H2,1-2H3,(H,21,22). The van der Waals surface area contributed by atoms with Gasteiger partial charge >= 0.3 is 0 Å². The first-order chi connectivity index (χ1) is 11.5. The molecule has 1 fully saturated rings. The normalized spacial score (nSPS) is 16.8. The van der Waals surface area contributed by atoms with Crippen molar-refractivity contribution < 1.29 is 13.9 Å². The van der Waals surface area contributed by atoms with Crippen LogP contribution in [0.1, 0.15) is 38.5 Å². The van der Waals surface area contributed by atoms with E-state index < -0.39 is 0 Å². The predicted octanol–water partition coefficient (Wildman–Crippen LogP) is 3.98. The molecule has 1 saturated heterocycles. The molecule has 128 valence electrons. The van der Waals surface area contributed by atoms with Gasteiger partial charge in [-0.05, 0) is 56.0 Å². The largest absolute Gasteiger partial charge is 0.381 e. The molecule has 5 heteroatoms. The number of carbonyl (C=O) groups is 1. The van der Waals surface area contributed by atoms with Crippen LogP contribution in [0.3, 0.4) is 0 Å². The van der Waals surface area contributed by atoms with Crippen molar-refractivity contribution in [3.63, 3.8) is 0 Å². The van der Waals surface area contributed by atoms with Crippen LogP contribution in [-0.4, -0.2) is 25.7 Å². The van der Waals surface area contributed by atoms with Gasteiger partial charge in [0.2, 0.25) is 0 Å². The summed E-state index contributed by atoms with van der Waals surface area (Å²) in [6.07, 6.45) is 1.55. The van der Waals surface area contributed by atoms with E-state index in [0.717, 1.165) is 33.7 Å². The zero-order chi connectivity index (χ0) is 17.2. The Balaban J connectivity index is 1.79. The van der Waals surface area contributed by atoms with E-state index in [2.05, 4.69) is 5.32 Å². The fraction of sp³-hybridized carbons (Fsp3) is 0.421. The van der Waals surface area contributed by atoms with Gasteiger partial charge in [-0.15, -0.1) is 11.3 Å². The Morgan fingerprint density at radius 2 is 2.04 bits per heavy atom. The molecule has 1 aromatic heterocycles. The number of nitrogens with one attached hydrogen (secondary N) is 1. The molecule has 0 unspecified atom stereocenters. The van der Waals surface area contributed by atoms with Crippen LogP contribution in [0.5, 0.6) is 0 Å². The van der Waals surface area contributed by atoms with Crippen molar-refractivity contribution in [2.75, 3.05) is 19.8 Å². The highest BCUT2D eigenvalue weighted by Crippen LogP contribution is 2.34. The molecule has 2 aromatic rings. The third kappa shape index (κ3) is 3.52. The summed E-state index contributed by atoms with van der Waals surface area (Å²) in [5.74, 6) is -0.298. The Bertz CT molecular complexity index is 715. The minimum Gasteiger partial charge on any atom is -0.381 e. The van der Waals surface area contributed by atoms with Gasteiger partial charge in [-0.25, -0.2) is 4.39 Å². The number of carbonyl (C=O) groups excluding carboxylic acids is 1. The molecule has 0 atom stereocenters. The summed E-state index contributed by atoms with van der Waals surface area (Å²) < 4.78 is 19.2. The van der Waals surface area contributed by atoms with Gasteiger partial charge in [-0.2, -0.15) is 0 Å². The maximum Gasteiger partial charge on any atom is 0.261 e. The van der Waals surface area contributed by atoms with Crippen LogP contribution in [0.2, 0.25) is 0 Å². The fourth-order valence-electron chi connectivity index (χ4n) is 3.17. The van der Waals surface area contributed by atoms with Gasteiger partial charge < -0.3 is 10.1 Å². The van der Waals surface area contributed by atoms with Crippen molar-refractivity contribution in [1.29, 1.82) is 0 Å². The van der Waals surface area contributed by atoms with E-state index in [1.807, 2.05) is 26.0 Å². The highest BCUT2D eigenvalue weighted by atomic mass is 32.1. The highest BCUT2D eigenvalue weighted by Gasteiger charge is 2.35. The molecule has 0 bridgehead atoms. The summed E-state index contributed by atoms with van der Waals surface area (Å²) in [6.45, 7) is 5.78. The van der Waals surface area contributed by atoms with Gasteiger partial charge in [0.25, 0.3) is 5.91 Å². The third-order valence-corrected chi connectivity index (χ3v) is 6.02. The molecule has 1 aliphatic rings. The number of hydrogen-bond donors (Lipinski definition) is 1. The summed E-state index contributed by atoms with van der Waals surface area (Å²) >= 11 is 1.51. The minimum atomic E-state index is -0.267. The number of thiophene rings is 1. The molecule has 1 N–H and O–H groups in total. The fourth-order valence-corrected chi connectivity index (χ4v) is 4.12. The van der Waals surface area contributed by atoms with Crippen LogP contribution < -0.4 is 5.32 Å². The molecule has 3 rings (SSSR count). The SMILES string of the molecule is Cc1cc(C(=O)NCC2(c3cccc(F)c3)CCOCC2)sc1C. The topological polar surface area (TPSA) is 38.3 Å². The second kappa shape index (κ2) is 7.03. The van der Waals surface area contributed by atoms with Gasteiger partial charge in [0, 0.05) is 30.1 Å². The number of halogens is 1. The lowest BCUT2D eigenvalue weighted by molar-refractivity contribution is 0.0486. The second-order valence-corrected chi connectivity index (χ2v) is 7.69. The number of benzene rings is 1. The van der Waals surface area contributed by atoms with E-state index in [-0.39, 0.29) is 17.1 Å². The van der Waals surface area contributed by atoms with E-state index >= 15 is 0 Å². The van der Waals surface area contributed by atoms with Crippen molar-refractivity contribution in [1.82, 2.24) is 5.32 Å². The molecule has 1 aromatic carbocycles. The number of ether oxygens (including phenoxy) is 1. The molecule has 0 radical (unpaired) electrons. The zero-order valence-corrected chi connectivity index (χ0v) is 14.8. The Labute approximate surface area is 145 Å². The molecular formula is C19H22FNO2S. The lowest BCUT2D eigenvalue weighted by Gasteiger charge is -2.38. The summed E-state index contributed by atoms with van der Waals surface area (Å²) in [6, 6.07) is 8.63. The van der Waals surface area contributed by atoms with Crippen LogP contribution >= 0.6 is 11.3 Å². The van der Waals surface area contributed by atoms with Gasteiger partial charge in [0.05, 0.1) is 4.88 Å². The van der Waals surface area contributed by atoms with Gasteiger partial charge in [0.1, 0.15) is 5.82 Å². The maximum atomic E-state index is 13.7. The summed E-state index contributed by atoms with van der Waals surface area (Å²) in [5.41, 5.74) is 1.80. The average Bonchev–Trinajstić information content (AvgIpc) is 2.93. The van der Waals surface area contributed by atoms with E-state index in [9.17, 15) is 9.18 Å². The maximum absolute atomic E-state index is 13.7. The van der Waals surface area contributed by atoms with Crippen LogP contribution in [-0.2, 0) is 10.2 Å². The van der Waals surface area contributed by atoms with Crippen LogP contribution in [0.4, 0.5) is 4.39 Å². The van der Waals surface area contributed by atoms with Crippen molar-refractivity contribution in [2.24, 2.45) is 0 Å². The van der Waals surface area contributed by atoms with E-state index in [1.54, 1.807) is 12.1 Å². The van der Waals surface area contributed by atoms with Gasteiger partial charge in [-0.1, -0.05) is 12.1 Å². The van der Waals surface area contributed by atoms with Gasteiger partial charge in [-0.3, -0.25) is 4.79 Å². The van der Waals surface area contributed by atoms with Crippen molar-refractivity contribution >= 4 is 17.2 Å². The molecule has 1 amide bonds. The zero-order valence-electron chi connectivity index (χ0n) is 14.0. The van der Waals surface area contributed by atoms with Crippen molar-refractivity contribution in [2.45, 2.75) is 32.1 Å². The summed E-state index contributed by atoms with van der Waals surface area (Å²) in [5, 5.41) is 3.06. The van der Waals surface area contributed by atoms with Crippen molar-refractivity contribution in [3.05, 3.63) is 57.0 Å². The van der Waals surface area contributed by atoms with Crippen molar-refractivity contribution in [3.8, 4) is 0 Å². The Kier molecular flexibility index (Phi) is 5.01. The highest BCUT2D eigenvalue weighted by molar-refractivity contribution is 7.14. The Morgan fingerprint density at radius 3 is 2.67 bits per heavy atom. The summed E-state index contributed by atoms with van der Waals surface area (Å²) in [7, 11) is 0. The van der Waals surface area contributed by atoms with E-state index in [1.165, 1.54) is 17.4 Å². The molecule has 1 aliphatic heterocycles. The Hall–Kier alpha value is -1.72. The number of aryl methyl sites for hydroxylation is 2. The first kappa shape index (κ1) is 17.1. The first-order valence-corrected chi connectivity index (χ1v) is 9.01. The second-order valence-electron chi connectivity index (χ2n) is 6.44. The molecule has 0 aliphatic carbocycles. The quantitative estimate of drug-likeness (QED) is 0.908. The molecular weight excluding hydrogens is 325 g/mol. The molecule has 0 spiro atoms. The monoisotopic (exact) mass is 347 g/mol. The molecule has 24 heavy (non-hydrogen) atoms. The number of hydrogen-bond acceptors (Lipinski definition) is 3. The number of amides is 1. The van der Waals surface area contributed by atoms with Crippen LogP contribution in [0.25, 0.3) is 0 Å².